The van der Waals surface area contributed by atoms with E-state index in [1.807, 2.05) is 71.3 Å². The molecule has 9 heteroatoms. The molecule has 5 nitrogen and oxygen atoms in total. The molecule has 1 heterocycles. The molecule has 0 amide bonds. The molecule has 31 heavy (non-hydrogen) atoms. The summed E-state index contributed by atoms with van der Waals surface area (Å²) in [5.41, 5.74) is 4.89. The van der Waals surface area contributed by atoms with Crippen LogP contribution in [0.2, 0.25) is 0 Å². The van der Waals surface area contributed by atoms with Crippen LogP contribution in [0.5, 0.6) is 0 Å². The zero-order valence-corrected chi connectivity index (χ0v) is 21.8. The van der Waals surface area contributed by atoms with Gasteiger partial charge in [0.05, 0.1) is 5.75 Å². The second-order valence-corrected chi connectivity index (χ2v) is 8.23. The minimum absolute atomic E-state index is 0. The summed E-state index contributed by atoms with van der Waals surface area (Å²) in [6.07, 6.45) is 3.64. The number of aryl methyl sites for hydroxylation is 1. The molecule has 0 unspecified atom stereocenters. The van der Waals surface area contributed by atoms with Crippen molar-refractivity contribution in [2.75, 3.05) is 5.75 Å². The van der Waals surface area contributed by atoms with Crippen LogP contribution >= 0.6 is 0 Å². The summed E-state index contributed by atoms with van der Waals surface area (Å²) in [5, 5.41) is 0. The van der Waals surface area contributed by atoms with Crippen molar-refractivity contribution in [1.82, 2.24) is 4.57 Å². The van der Waals surface area contributed by atoms with Gasteiger partial charge >= 0.3 is 26.8 Å². The molecule has 1 aromatic heterocycles. The van der Waals surface area contributed by atoms with Crippen LogP contribution in [0.25, 0.3) is 16.7 Å². The topological polar surface area (TPSA) is 63.2 Å². The molecule has 0 bridgehead atoms. The molecule has 1 radical (unpaired) electrons. The molecular formula is C22H22Br2N2O3PdS+. The van der Waals surface area contributed by atoms with Crippen LogP contribution in [0.4, 0.5) is 0 Å². The van der Waals surface area contributed by atoms with Crippen LogP contribution in [-0.4, -0.2) is 23.3 Å². The fourth-order valence-corrected chi connectivity index (χ4v) is 3.84. The van der Waals surface area contributed by atoms with Gasteiger partial charge in [-0.25, -0.2) is 4.57 Å². The first-order valence-electron chi connectivity index (χ1n) is 9.01. The van der Waals surface area contributed by atoms with Crippen molar-refractivity contribution in [2.24, 2.45) is 0 Å². The van der Waals surface area contributed by atoms with Gasteiger partial charge < -0.3 is 34.0 Å². The first kappa shape index (κ1) is 27.7. The Kier molecular flexibility index (Phi) is 10.8. The monoisotopic (exact) mass is 658 g/mol. The van der Waals surface area contributed by atoms with E-state index in [1.54, 1.807) is 0 Å². The molecule has 1 N–H and O–H groups in total. The third kappa shape index (κ3) is 6.82. The van der Waals surface area contributed by atoms with E-state index in [2.05, 4.69) is 23.0 Å². The van der Waals surface area contributed by atoms with Crippen LogP contribution in [0, 0.1) is 6.33 Å². The maximum atomic E-state index is 11.2. The number of hydrogen-bond donors (Lipinski definition) is 1. The van der Waals surface area contributed by atoms with Crippen molar-refractivity contribution in [3.05, 3.63) is 96.3 Å². The van der Waals surface area contributed by atoms with E-state index in [-0.39, 0.29) is 68.0 Å². The second-order valence-electron chi connectivity index (χ2n) is 6.66. The number of nitrogens with zero attached hydrogens (tertiary/aromatic N) is 2. The van der Waals surface area contributed by atoms with Crippen LogP contribution in [0.1, 0.15) is 12.6 Å². The zero-order chi connectivity index (χ0) is 19.6. The van der Waals surface area contributed by atoms with Gasteiger partial charge in [0.25, 0.3) is 10.1 Å². The molecule has 4 aromatic rings. The van der Waals surface area contributed by atoms with E-state index >= 15 is 0 Å². The Balaban J connectivity index is 0.00000240. The Morgan fingerprint density at radius 3 is 2.23 bits per heavy atom. The minimum Gasteiger partial charge on any atom is -1.00 e. The van der Waals surface area contributed by atoms with Gasteiger partial charge in [0.15, 0.2) is 11.0 Å². The van der Waals surface area contributed by atoms with Gasteiger partial charge in [-0.2, -0.15) is 13.0 Å². The summed E-state index contributed by atoms with van der Waals surface area (Å²) in [7, 11) is -4.02. The van der Waals surface area contributed by atoms with E-state index in [0.717, 1.165) is 22.3 Å². The third-order valence-corrected chi connectivity index (χ3v) is 5.40. The van der Waals surface area contributed by atoms with E-state index in [1.165, 1.54) is 5.56 Å². The van der Waals surface area contributed by atoms with Crippen molar-refractivity contribution in [2.45, 2.75) is 13.0 Å². The van der Waals surface area contributed by atoms with Gasteiger partial charge in [-0.05, 0) is 30.2 Å². The summed E-state index contributed by atoms with van der Waals surface area (Å²) in [6, 6.07) is 25.8. The molecular weight excluding hydrogens is 639 g/mol. The number of para-hydroxylation sites is 3. The minimum atomic E-state index is -4.02. The summed E-state index contributed by atoms with van der Waals surface area (Å²) < 4.78 is 35.6. The summed E-state index contributed by atoms with van der Waals surface area (Å²) in [6.45, 7) is 0.682. The molecule has 0 saturated carbocycles. The van der Waals surface area contributed by atoms with Gasteiger partial charge in [-0.1, -0.05) is 60.7 Å². The Bertz CT molecular complexity index is 1240. The van der Waals surface area contributed by atoms with Crippen molar-refractivity contribution in [1.29, 1.82) is 0 Å². The molecule has 0 fully saturated rings. The molecule has 0 spiro atoms. The maximum Gasteiger partial charge on any atom is 2.00 e. The summed E-state index contributed by atoms with van der Waals surface area (Å²) in [5.74, 6) is -0.312. The molecule has 0 aliphatic carbocycles. The first-order valence-corrected chi connectivity index (χ1v) is 10.6. The molecule has 0 aliphatic rings. The van der Waals surface area contributed by atoms with Gasteiger partial charge in [-0.15, -0.1) is 0 Å². The second kappa shape index (κ2) is 12.1. The fourth-order valence-electron chi connectivity index (χ4n) is 3.36. The number of benzene rings is 3. The van der Waals surface area contributed by atoms with Crippen LogP contribution in [0.15, 0.2) is 78.9 Å². The van der Waals surface area contributed by atoms with Crippen LogP contribution in [-0.2, 0) is 43.5 Å². The number of hydrogen-bond acceptors (Lipinski definition) is 2. The Hall–Kier alpha value is -1.34. The van der Waals surface area contributed by atoms with E-state index in [0.29, 0.717) is 6.54 Å². The van der Waals surface area contributed by atoms with E-state index in [4.69, 9.17) is 4.55 Å². The van der Waals surface area contributed by atoms with Crippen molar-refractivity contribution >= 4 is 21.2 Å². The first-order chi connectivity index (χ1) is 13.5. The number of imidazole rings is 1. The quantitative estimate of drug-likeness (QED) is 0.141. The fraction of sp³-hybridized carbons (Fsp3) is 0.136. The largest absolute Gasteiger partial charge is 2.00 e. The van der Waals surface area contributed by atoms with Gasteiger partial charge in [-0.3, -0.25) is 4.55 Å². The number of fused-ring (bicyclic) bond motifs is 1. The average molecular weight is 661 g/mol. The van der Waals surface area contributed by atoms with E-state index < -0.39 is 10.1 Å². The predicted octanol–water partition coefficient (Wildman–Crippen LogP) is -2.55. The number of halogens is 2. The summed E-state index contributed by atoms with van der Waals surface area (Å²) in [4.78, 5) is 0. The van der Waals surface area contributed by atoms with Gasteiger partial charge in [0.1, 0.15) is 12.2 Å². The predicted molar refractivity (Wildman–Crippen MR) is 110 cm³/mol. The molecule has 4 rings (SSSR count). The smallest absolute Gasteiger partial charge is 1.00 e. The normalized spacial score (nSPS) is 10.6. The van der Waals surface area contributed by atoms with Crippen molar-refractivity contribution < 1.29 is 73.4 Å². The molecule has 0 atom stereocenters. The molecule has 3 aromatic carbocycles. The van der Waals surface area contributed by atoms with Gasteiger partial charge in [0.2, 0.25) is 0 Å². The SMILES string of the molecule is O=S(=O)(O)CCc1ccccc1-n1[c][n+](Cc2ccccc2)c2ccccc21.[Br-].[Br-].[HH].[Pd+2]. The zero-order valence-electron chi connectivity index (χ0n) is 16.3. The molecule has 0 saturated heterocycles. The Morgan fingerprint density at radius 2 is 1.52 bits per heavy atom. The number of rotatable bonds is 6. The average Bonchev–Trinajstić information content (AvgIpc) is 3.05. The van der Waals surface area contributed by atoms with Crippen LogP contribution < -0.4 is 38.5 Å². The standard InChI is InChI=1S/C22H20N2O3S.2BrH.Pd.H2/c25-28(26,27)15-14-19-10-4-5-11-20(19)24-17-23(16-18-8-2-1-3-9-18)21-12-6-7-13-22(21)24;;;;/h1-13H,14-16H2,(H,25,26,27);2*1H;;1H/q+1;;;+2;/p-2. The van der Waals surface area contributed by atoms with Crippen LogP contribution in [0.3, 0.4) is 0 Å². The van der Waals surface area contributed by atoms with E-state index in [9.17, 15) is 8.42 Å². The maximum absolute atomic E-state index is 11.2. The van der Waals surface area contributed by atoms with Crippen molar-refractivity contribution in [3.8, 4) is 5.69 Å². The molecule has 0 aliphatic heterocycles. The van der Waals surface area contributed by atoms with Gasteiger partial charge in [0, 0.05) is 6.99 Å². The van der Waals surface area contributed by atoms with Crippen molar-refractivity contribution in [3.63, 3.8) is 0 Å². The molecule has 167 valence electrons. The Morgan fingerprint density at radius 1 is 0.903 bits per heavy atom. The summed E-state index contributed by atoms with van der Waals surface area (Å²) >= 11 is 0. The third-order valence-electron chi connectivity index (χ3n) is 4.68. The number of aromatic nitrogens is 2. The Labute approximate surface area is 218 Å².